The minimum atomic E-state index is -0.163. The maximum atomic E-state index is 12.2. The minimum absolute atomic E-state index is 0.0799. The van der Waals surface area contributed by atoms with Gasteiger partial charge in [-0.2, -0.15) is 0 Å². The van der Waals surface area contributed by atoms with Crippen LogP contribution < -0.4 is 5.32 Å². The van der Waals surface area contributed by atoms with Crippen LogP contribution in [0, 0.1) is 6.92 Å². The Morgan fingerprint density at radius 3 is 2.83 bits per heavy atom. The van der Waals surface area contributed by atoms with Gasteiger partial charge in [0.25, 0.3) is 5.91 Å². The first kappa shape index (κ1) is 15.2. The van der Waals surface area contributed by atoms with Crippen molar-refractivity contribution in [2.75, 3.05) is 0 Å². The third-order valence-electron chi connectivity index (χ3n) is 4.69. The Bertz CT molecular complexity index is 764. The van der Waals surface area contributed by atoms with E-state index in [0.29, 0.717) is 23.4 Å². The summed E-state index contributed by atoms with van der Waals surface area (Å²) in [5, 5.41) is 20.8. The van der Waals surface area contributed by atoms with E-state index in [1.807, 2.05) is 0 Å². The zero-order valence-electron chi connectivity index (χ0n) is 13.5. The molecule has 0 bridgehead atoms. The normalized spacial score (nSPS) is 22.9. The van der Waals surface area contributed by atoms with Crippen molar-refractivity contribution >= 4 is 5.91 Å². The van der Waals surface area contributed by atoms with Crippen LogP contribution in [0.4, 0.5) is 0 Å². The molecule has 0 atom stereocenters. The predicted octanol–water partition coefficient (Wildman–Crippen LogP) is 0.880. The van der Waals surface area contributed by atoms with E-state index >= 15 is 0 Å². The second-order valence-electron chi connectivity index (χ2n) is 6.56. The molecule has 4 rings (SSSR count). The largest absolute Gasteiger partial charge is 0.388 e. The molecule has 0 spiro atoms. The zero-order chi connectivity index (χ0) is 16.7. The fourth-order valence-corrected chi connectivity index (χ4v) is 3.24. The summed E-state index contributed by atoms with van der Waals surface area (Å²) in [6, 6.07) is 2.19. The standard InChI is InChI=1S/C16H20N6O2/c1-9-17-5-4-13(18-9)16(24)19-11-6-10(7-11)15-21-20-14(8-23)22(15)12-2-3-12/h4-5,10-12,23H,2-3,6-8H2,1H3,(H,19,24). The molecule has 0 saturated heterocycles. The van der Waals surface area contributed by atoms with E-state index in [2.05, 4.69) is 30.0 Å². The molecule has 2 saturated carbocycles. The summed E-state index contributed by atoms with van der Waals surface area (Å²) in [5.41, 5.74) is 0.398. The number of aliphatic hydroxyl groups is 1. The second-order valence-corrected chi connectivity index (χ2v) is 6.56. The number of carbonyl (C=O) groups excluding carboxylic acids is 1. The van der Waals surface area contributed by atoms with Gasteiger partial charge in [0.15, 0.2) is 5.82 Å². The Labute approximate surface area is 139 Å². The van der Waals surface area contributed by atoms with E-state index in [-0.39, 0.29) is 24.5 Å². The topological polar surface area (TPSA) is 106 Å². The Kier molecular flexibility index (Phi) is 3.76. The summed E-state index contributed by atoms with van der Waals surface area (Å²) >= 11 is 0. The van der Waals surface area contributed by atoms with Crippen LogP contribution in [0.15, 0.2) is 12.3 Å². The first-order chi connectivity index (χ1) is 11.7. The highest BCUT2D eigenvalue weighted by molar-refractivity contribution is 5.92. The minimum Gasteiger partial charge on any atom is -0.388 e. The van der Waals surface area contributed by atoms with Gasteiger partial charge in [-0.3, -0.25) is 4.79 Å². The lowest BCUT2D eigenvalue weighted by molar-refractivity contribution is 0.0901. The molecule has 0 aromatic carbocycles. The van der Waals surface area contributed by atoms with Gasteiger partial charge in [0.2, 0.25) is 0 Å². The van der Waals surface area contributed by atoms with Gasteiger partial charge in [-0.15, -0.1) is 10.2 Å². The average molecular weight is 328 g/mol. The van der Waals surface area contributed by atoms with Gasteiger partial charge in [-0.25, -0.2) is 9.97 Å². The predicted molar refractivity (Wildman–Crippen MR) is 84.2 cm³/mol. The van der Waals surface area contributed by atoms with Crippen LogP contribution in [0.5, 0.6) is 0 Å². The number of rotatable bonds is 5. The molecule has 2 aliphatic rings. The van der Waals surface area contributed by atoms with Crippen molar-refractivity contribution < 1.29 is 9.90 Å². The number of carbonyl (C=O) groups is 1. The van der Waals surface area contributed by atoms with E-state index in [9.17, 15) is 9.90 Å². The zero-order valence-corrected chi connectivity index (χ0v) is 13.5. The lowest BCUT2D eigenvalue weighted by Gasteiger charge is -2.35. The van der Waals surface area contributed by atoms with E-state index in [1.165, 1.54) is 0 Å². The Hall–Kier alpha value is -2.35. The van der Waals surface area contributed by atoms with Crippen LogP contribution in [0.2, 0.25) is 0 Å². The van der Waals surface area contributed by atoms with Crippen LogP contribution in [0.3, 0.4) is 0 Å². The summed E-state index contributed by atoms with van der Waals surface area (Å²) in [5.74, 6) is 2.31. The van der Waals surface area contributed by atoms with Crippen LogP contribution in [0.1, 0.15) is 65.6 Å². The number of aromatic nitrogens is 5. The average Bonchev–Trinajstić information content (AvgIpc) is 3.29. The highest BCUT2D eigenvalue weighted by atomic mass is 16.3. The SMILES string of the molecule is Cc1nccc(C(=O)NC2CC(c3nnc(CO)n3C3CC3)C2)n1. The monoisotopic (exact) mass is 328 g/mol. The molecular formula is C16H20N6O2. The lowest BCUT2D eigenvalue weighted by Crippen LogP contribution is -2.44. The first-order valence-corrected chi connectivity index (χ1v) is 8.30. The van der Waals surface area contributed by atoms with E-state index < -0.39 is 0 Å². The summed E-state index contributed by atoms with van der Waals surface area (Å²) in [6.07, 6.45) is 5.52. The van der Waals surface area contributed by atoms with Crippen molar-refractivity contribution in [3.05, 3.63) is 35.4 Å². The van der Waals surface area contributed by atoms with Gasteiger partial charge < -0.3 is 15.0 Å². The third-order valence-corrected chi connectivity index (χ3v) is 4.69. The smallest absolute Gasteiger partial charge is 0.270 e. The molecule has 126 valence electrons. The molecular weight excluding hydrogens is 308 g/mol. The van der Waals surface area contributed by atoms with Crippen molar-refractivity contribution in [1.29, 1.82) is 0 Å². The van der Waals surface area contributed by atoms with Gasteiger partial charge >= 0.3 is 0 Å². The molecule has 0 radical (unpaired) electrons. The fourth-order valence-electron chi connectivity index (χ4n) is 3.24. The van der Waals surface area contributed by atoms with Crippen molar-refractivity contribution in [1.82, 2.24) is 30.0 Å². The number of amides is 1. The first-order valence-electron chi connectivity index (χ1n) is 8.30. The van der Waals surface area contributed by atoms with Gasteiger partial charge in [0, 0.05) is 24.2 Å². The highest BCUT2D eigenvalue weighted by Gasteiger charge is 2.38. The van der Waals surface area contributed by atoms with Gasteiger partial charge in [-0.1, -0.05) is 0 Å². The number of hydrogen-bond acceptors (Lipinski definition) is 6. The maximum absolute atomic E-state index is 12.2. The molecule has 8 heteroatoms. The Balaban J connectivity index is 1.39. The number of hydrogen-bond donors (Lipinski definition) is 2. The van der Waals surface area contributed by atoms with Crippen molar-refractivity contribution in [2.45, 2.75) is 57.2 Å². The van der Waals surface area contributed by atoms with Gasteiger partial charge in [0.1, 0.15) is 23.9 Å². The number of aliphatic hydroxyl groups excluding tert-OH is 1. The maximum Gasteiger partial charge on any atom is 0.270 e. The van der Waals surface area contributed by atoms with Crippen LogP contribution >= 0.6 is 0 Å². The third kappa shape index (κ3) is 2.77. The second kappa shape index (κ2) is 5.94. The van der Waals surface area contributed by atoms with Crippen LogP contribution in [-0.2, 0) is 6.61 Å². The molecule has 2 N–H and O–H groups in total. The summed E-state index contributed by atoms with van der Waals surface area (Å²) in [6.45, 7) is 1.68. The molecule has 2 aromatic rings. The summed E-state index contributed by atoms with van der Waals surface area (Å²) < 4.78 is 2.09. The lowest BCUT2D eigenvalue weighted by atomic mass is 9.79. The van der Waals surface area contributed by atoms with Crippen molar-refractivity contribution in [3.8, 4) is 0 Å². The molecule has 0 unspecified atom stereocenters. The van der Waals surface area contributed by atoms with Crippen molar-refractivity contribution in [3.63, 3.8) is 0 Å². The van der Waals surface area contributed by atoms with E-state index in [4.69, 9.17) is 0 Å². The Morgan fingerprint density at radius 2 is 2.17 bits per heavy atom. The van der Waals surface area contributed by atoms with Crippen LogP contribution in [-0.4, -0.2) is 41.8 Å². The van der Waals surface area contributed by atoms with Gasteiger partial charge in [0.05, 0.1) is 0 Å². The molecule has 0 aliphatic heterocycles. The number of nitrogens with one attached hydrogen (secondary N) is 1. The van der Waals surface area contributed by atoms with Gasteiger partial charge in [-0.05, 0) is 38.7 Å². The molecule has 2 fully saturated rings. The molecule has 2 heterocycles. The molecule has 24 heavy (non-hydrogen) atoms. The highest BCUT2D eigenvalue weighted by Crippen LogP contribution is 2.42. The van der Waals surface area contributed by atoms with Crippen molar-refractivity contribution in [2.24, 2.45) is 0 Å². The molecule has 2 aromatic heterocycles. The fraction of sp³-hybridized carbons (Fsp3) is 0.562. The summed E-state index contributed by atoms with van der Waals surface area (Å²) in [7, 11) is 0. The van der Waals surface area contributed by atoms with E-state index in [0.717, 1.165) is 31.5 Å². The molecule has 2 aliphatic carbocycles. The summed E-state index contributed by atoms with van der Waals surface area (Å²) in [4.78, 5) is 20.4. The molecule has 8 nitrogen and oxygen atoms in total. The molecule has 1 amide bonds. The Morgan fingerprint density at radius 1 is 1.38 bits per heavy atom. The quantitative estimate of drug-likeness (QED) is 0.844. The van der Waals surface area contributed by atoms with Crippen LogP contribution in [0.25, 0.3) is 0 Å². The van der Waals surface area contributed by atoms with E-state index in [1.54, 1.807) is 19.2 Å². The number of nitrogens with zero attached hydrogens (tertiary/aromatic N) is 5. The number of aryl methyl sites for hydroxylation is 1.